The summed E-state index contributed by atoms with van der Waals surface area (Å²) in [6.45, 7) is 6.00. The van der Waals surface area contributed by atoms with E-state index < -0.39 is 0 Å². The van der Waals surface area contributed by atoms with Gasteiger partial charge < -0.3 is 5.32 Å². The molecule has 2 nitrogen and oxygen atoms in total. The van der Waals surface area contributed by atoms with Gasteiger partial charge in [0, 0.05) is 5.54 Å². The van der Waals surface area contributed by atoms with Crippen molar-refractivity contribution in [3.8, 4) is 0 Å². The van der Waals surface area contributed by atoms with Crippen LogP contribution < -0.4 is 5.32 Å². The first-order valence-corrected chi connectivity index (χ1v) is 8.90. The van der Waals surface area contributed by atoms with E-state index in [2.05, 4.69) is 47.5 Å². The van der Waals surface area contributed by atoms with Crippen molar-refractivity contribution in [1.29, 1.82) is 0 Å². The maximum atomic E-state index is 3.90. The highest BCUT2D eigenvalue weighted by molar-refractivity contribution is 5.25. The van der Waals surface area contributed by atoms with Gasteiger partial charge in [0.25, 0.3) is 0 Å². The monoisotopic (exact) mass is 286 g/mol. The molecule has 1 atom stereocenters. The van der Waals surface area contributed by atoms with Gasteiger partial charge in [-0.1, -0.05) is 50.1 Å². The van der Waals surface area contributed by atoms with Crippen LogP contribution in [0.15, 0.2) is 30.3 Å². The predicted octanol–water partition coefficient (Wildman–Crippen LogP) is 4.14. The van der Waals surface area contributed by atoms with Crippen LogP contribution in [0.25, 0.3) is 0 Å². The van der Waals surface area contributed by atoms with Crippen molar-refractivity contribution in [1.82, 2.24) is 10.2 Å². The van der Waals surface area contributed by atoms with Crippen LogP contribution in [0, 0.1) is 0 Å². The number of likely N-dealkylation sites (tertiary alicyclic amines) is 1. The molecule has 21 heavy (non-hydrogen) atoms. The molecular weight excluding hydrogens is 256 g/mol. The first-order valence-electron chi connectivity index (χ1n) is 8.90. The molecule has 1 aromatic carbocycles. The zero-order valence-electron chi connectivity index (χ0n) is 13.5. The highest BCUT2D eigenvalue weighted by Crippen LogP contribution is 2.45. The molecule has 1 aliphatic heterocycles. The maximum absolute atomic E-state index is 3.90. The Morgan fingerprint density at radius 1 is 1.05 bits per heavy atom. The van der Waals surface area contributed by atoms with Crippen molar-refractivity contribution in [3.05, 3.63) is 35.9 Å². The van der Waals surface area contributed by atoms with Crippen LogP contribution in [0.4, 0.5) is 0 Å². The summed E-state index contributed by atoms with van der Waals surface area (Å²) in [5, 5.41) is 3.90. The van der Waals surface area contributed by atoms with Crippen LogP contribution in [0.5, 0.6) is 0 Å². The van der Waals surface area contributed by atoms with Crippen LogP contribution in [0.3, 0.4) is 0 Å². The van der Waals surface area contributed by atoms with Crippen molar-refractivity contribution >= 4 is 0 Å². The standard InChI is InChI=1S/C19H30N2/c1-2-14-20-18(17-10-4-3-5-11-17)19(12-6-7-13-19)21-15-8-9-16-21/h3-5,10-11,18,20H,2,6-9,12-16H2,1H3. The minimum Gasteiger partial charge on any atom is -0.308 e. The third kappa shape index (κ3) is 3.02. The normalized spacial score (nSPS) is 23.5. The molecule has 116 valence electrons. The summed E-state index contributed by atoms with van der Waals surface area (Å²) in [6, 6.07) is 11.7. The second-order valence-electron chi connectivity index (χ2n) is 6.80. The molecule has 0 radical (unpaired) electrons. The van der Waals surface area contributed by atoms with Gasteiger partial charge >= 0.3 is 0 Å². The van der Waals surface area contributed by atoms with E-state index in [1.807, 2.05) is 0 Å². The summed E-state index contributed by atoms with van der Waals surface area (Å²) in [4.78, 5) is 2.82. The van der Waals surface area contributed by atoms with Gasteiger partial charge in [-0.3, -0.25) is 4.90 Å². The van der Waals surface area contributed by atoms with Crippen molar-refractivity contribution in [2.75, 3.05) is 19.6 Å². The Morgan fingerprint density at radius 3 is 2.33 bits per heavy atom. The zero-order valence-corrected chi connectivity index (χ0v) is 13.5. The zero-order chi connectivity index (χ0) is 14.5. The minimum absolute atomic E-state index is 0.368. The van der Waals surface area contributed by atoms with Crippen LogP contribution in [-0.2, 0) is 0 Å². The number of hydrogen-bond donors (Lipinski definition) is 1. The third-order valence-corrected chi connectivity index (χ3v) is 5.47. The number of hydrogen-bond acceptors (Lipinski definition) is 2. The lowest BCUT2D eigenvalue weighted by atomic mass is 9.82. The first-order chi connectivity index (χ1) is 10.4. The molecule has 3 rings (SSSR count). The van der Waals surface area contributed by atoms with Crippen LogP contribution in [-0.4, -0.2) is 30.1 Å². The summed E-state index contributed by atoms with van der Waals surface area (Å²) in [5.74, 6) is 0. The van der Waals surface area contributed by atoms with Gasteiger partial charge in [0.05, 0.1) is 6.04 Å². The van der Waals surface area contributed by atoms with E-state index in [0.29, 0.717) is 11.6 Å². The van der Waals surface area contributed by atoms with Crippen molar-refractivity contribution in [2.45, 2.75) is 63.5 Å². The van der Waals surface area contributed by atoms with E-state index in [1.54, 1.807) is 0 Å². The predicted molar refractivity (Wildman–Crippen MR) is 89.5 cm³/mol. The highest BCUT2D eigenvalue weighted by Gasteiger charge is 2.46. The molecule has 0 bridgehead atoms. The fourth-order valence-electron chi connectivity index (χ4n) is 4.49. The Hall–Kier alpha value is -0.860. The van der Waals surface area contributed by atoms with Crippen molar-refractivity contribution in [2.24, 2.45) is 0 Å². The van der Waals surface area contributed by atoms with E-state index in [-0.39, 0.29) is 0 Å². The minimum atomic E-state index is 0.368. The second kappa shape index (κ2) is 6.93. The van der Waals surface area contributed by atoms with E-state index in [1.165, 1.54) is 63.6 Å². The van der Waals surface area contributed by atoms with Crippen LogP contribution in [0.2, 0.25) is 0 Å². The molecular formula is C19H30N2. The van der Waals surface area contributed by atoms with Crippen molar-refractivity contribution < 1.29 is 0 Å². The molecule has 0 amide bonds. The number of rotatable bonds is 6. The SMILES string of the molecule is CCCNC(c1ccccc1)C1(N2CCCC2)CCCC1. The average molecular weight is 286 g/mol. The molecule has 0 spiro atoms. The Bertz CT molecular complexity index is 416. The summed E-state index contributed by atoms with van der Waals surface area (Å²) in [7, 11) is 0. The maximum Gasteiger partial charge on any atom is 0.0507 e. The lowest BCUT2D eigenvalue weighted by molar-refractivity contribution is 0.0764. The highest BCUT2D eigenvalue weighted by atomic mass is 15.2. The summed E-state index contributed by atoms with van der Waals surface area (Å²) in [5.41, 5.74) is 1.85. The Morgan fingerprint density at radius 2 is 1.71 bits per heavy atom. The average Bonchev–Trinajstić information content (AvgIpc) is 3.21. The smallest absolute Gasteiger partial charge is 0.0507 e. The van der Waals surface area contributed by atoms with E-state index in [0.717, 1.165) is 6.54 Å². The molecule has 2 fully saturated rings. The molecule has 1 N–H and O–H groups in total. The molecule has 1 aliphatic carbocycles. The molecule has 1 saturated heterocycles. The van der Waals surface area contributed by atoms with E-state index in [4.69, 9.17) is 0 Å². The molecule has 1 heterocycles. The van der Waals surface area contributed by atoms with Gasteiger partial charge in [0.15, 0.2) is 0 Å². The Labute approximate surface area is 129 Å². The van der Waals surface area contributed by atoms with Crippen LogP contribution >= 0.6 is 0 Å². The molecule has 1 aromatic rings. The van der Waals surface area contributed by atoms with Gasteiger partial charge in [0.1, 0.15) is 0 Å². The van der Waals surface area contributed by atoms with E-state index in [9.17, 15) is 0 Å². The third-order valence-electron chi connectivity index (χ3n) is 5.47. The van der Waals surface area contributed by atoms with Crippen LogP contribution in [0.1, 0.15) is 63.5 Å². The Kier molecular flexibility index (Phi) is 4.97. The second-order valence-corrected chi connectivity index (χ2v) is 6.80. The fourth-order valence-corrected chi connectivity index (χ4v) is 4.49. The van der Waals surface area contributed by atoms with Gasteiger partial charge in [-0.25, -0.2) is 0 Å². The number of nitrogens with zero attached hydrogens (tertiary/aromatic N) is 1. The molecule has 2 aliphatic rings. The molecule has 0 aromatic heterocycles. The van der Waals surface area contributed by atoms with Gasteiger partial charge in [0.2, 0.25) is 0 Å². The molecule has 1 unspecified atom stereocenters. The summed E-state index contributed by atoms with van der Waals surface area (Å²) < 4.78 is 0. The topological polar surface area (TPSA) is 15.3 Å². The van der Waals surface area contributed by atoms with Gasteiger partial charge in [-0.2, -0.15) is 0 Å². The lowest BCUT2D eigenvalue weighted by Crippen LogP contribution is -2.54. The molecule has 1 saturated carbocycles. The van der Waals surface area contributed by atoms with Gasteiger partial charge in [-0.15, -0.1) is 0 Å². The molecule has 2 heteroatoms. The first kappa shape index (κ1) is 15.1. The summed E-state index contributed by atoms with van der Waals surface area (Å²) in [6.07, 6.45) is 9.50. The van der Waals surface area contributed by atoms with E-state index >= 15 is 0 Å². The largest absolute Gasteiger partial charge is 0.308 e. The number of benzene rings is 1. The Balaban J connectivity index is 1.91. The fraction of sp³-hybridized carbons (Fsp3) is 0.684. The van der Waals surface area contributed by atoms with Crippen molar-refractivity contribution in [3.63, 3.8) is 0 Å². The summed E-state index contributed by atoms with van der Waals surface area (Å²) >= 11 is 0. The number of nitrogens with one attached hydrogen (secondary N) is 1. The quantitative estimate of drug-likeness (QED) is 0.845. The lowest BCUT2D eigenvalue weighted by Gasteiger charge is -2.46. The van der Waals surface area contributed by atoms with Gasteiger partial charge in [-0.05, 0) is 57.3 Å².